The fourth-order valence-corrected chi connectivity index (χ4v) is 2.42. The molecule has 1 aromatic rings. The summed E-state index contributed by atoms with van der Waals surface area (Å²) >= 11 is 0. The van der Waals surface area contributed by atoms with Crippen molar-refractivity contribution in [3.8, 4) is 0 Å². The Morgan fingerprint density at radius 2 is 1.90 bits per heavy atom. The summed E-state index contributed by atoms with van der Waals surface area (Å²) in [4.78, 5) is 36.9. The van der Waals surface area contributed by atoms with Gasteiger partial charge in [0.1, 0.15) is 11.7 Å². The summed E-state index contributed by atoms with van der Waals surface area (Å²) in [5.41, 5.74) is 0.606. The lowest BCUT2D eigenvalue weighted by Gasteiger charge is -2.33. The van der Waals surface area contributed by atoms with Crippen LogP contribution in [0.1, 0.15) is 17.9 Å². The molecule has 2 rings (SSSR count). The third-order valence-electron chi connectivity index (χ3n) is 3.59. The summed E-state index contributed by atoms with van der Waals surface area (Å²) in [6, 6.07) is 5.51. The zero-order valence-corrected chi connectivity index (χ0v) is 11.2. The van der Waals surface area contributed by atoms with Crippen molar-refractivity contribution in [2.45, 2.75) is 12.3 Å². The Hall–Kier alpha value is -2.24. The number of nitrogens with one attached hydrogen (secondary N) is 1. The first kappa shape index (κ1) is 14.2. The number of benzene rings is 1. The molecule has 5 nitrogen and oxygen atoms in total. The van der Waals surface area contributed by atoms with Crippen molar-refractivity contribution in [1.29, 1.82) is 0 Å². The molecule has 1 fully saturated rings. The first-order valence-electron chi connectivity index (χ1n) is 6.23. The molecule has 1 aromatic carbocycles. The van der Waals surface area contributed by atoms with Gasteiger partial charge >= 0.3 is 0 Å². The van der Waals surface area contributed by atoms with Gasteiger partial charge in [-0.3, -0.25) is 19.3 Å². The molecule has 0 aromatic heterocycles. The number of rotatable bonds is 2. The van der Waals surface area contributed by atoms with Crippen LogP contribution in [0.5, 0.6) is 0 Å². The Labute approximate surface area is 115 Å². The molecule has 1 aliphatic heterocycles. The van der Waals surface area contributed by atoms with Crippen LogP contribution in [0.4, 0.5) is 4.39 Å². The van der Waals surface area contributed by atoms with Crippen molar-refractivity contribution in [3.05, 3.63) is 35.6 Å². The SMILES string of the molecule is CNC(=O)C1C(=O)N(C)C(=O)CC1c1ccc(F)cc1. The van der Waals surface area contributed by atoms with E-state index >= 15 is 0 Å². The molecule has 1 heterocycles. The third kappa shape index (κ3) is 2.41. The molecule has 0 radical (unpaired) electrons. The quantitative estimate of drug-likeness (QED) is 0.638. The summed E-state index contributed by atoms with van der Waals surface area (Å²) < 4.78 is 13.0. The summed E-state index contributed by atoms with van der Waals surface area (Å²) in [6.07, 6.45) is 0.0476. The molecule has 0 aliphatic carbocycles. The van der Waals surface area contributed by atoms with Crippen LogP contribution in [0.25, 0.3) is 0 Å². The van der Waals surface area contributed by atoms with Crippen LogP contribution in [0, 0.1) is 11.7 Å². The summed E-state index contributed by atoms with van der Waals surface area (Å²) in [5, 5.41) is 2.44. The van der Waals surface area contributed by atoms with Gasteiger partial charge in [-0.15, -0.1) is 0 Å². The molecular formula is C14H15FN2O3. The van der Waals surface area contributed by atoms with Gasteiger partial charge in [-0.1, -0.05) is 12.1 Å². The highest BCUT2D eigenvalue weighted by atomic mass is 19.1. The average Bonchev–Trinajstić information content (AvgIpc) is 2.44. The predicted molar refractivity (Wildman–Crippen MR) is 69.1 cm³/mol. The van der Waals surface area contributed by atoms with Crippen LogP contribution < -0.4 is 5.32 Å². The Balaban J connectivity index is 2.41. The molecule has 20 heavy (non-hydrogen) atoms. The molecule has 0 bridgehead atoms. The van der Waals surface area contributed by atoms with Gasteiger partial charge in [0.25, 0.3) is 0 Å². The first-order valence-corrected chi connectivity index (χ1v) is 6.23. The van der Waals surface area contributed by atoms with Gasteiger partial charge in [0, 0.05) is 26.4 Å². The minimum Gasteiger partial charge on any atom is -0.358 e. The van der Waals surface area contributed by atoms with Crippen molar-refractivity contribution in [1.82, 2.24) is 10.2 Å². The molecular weight excluding hydrogens is 263 g/mol. The van der Waals surface area contributed by atoms with E-state index in [0.717, 1.165) is 4.90 Å². The van der Waals surface area contributed by atoms with E-state index < -0.39 is 29.5 Å². The topological polar surface area (TPSA) is 66.5 Å². The van der Waals surface area contributed by atoms with E-state index in [4.69, 9.17) is 0 Å². The molecule has 2 unspecified atom stereocenters. The number of halogens is 1. The van der Waals surface area contributed by atoms with E-state index in [1.807, 2.05) is 0 Å². The van der Waals surface area contributed by atoms with E-state index in [1.165, 1.54) is 38.4 Å². The van der Waals surface area contributed by atoms with Gasteiger partial charge in [-0.25, -0.2) is 4.39 Å². The number of carbonyl (C=O) groups excluding carboxylic acids is 3. The molecule has 0 saturated carbocycles. The molecule has 1 aliphatic rings. The lowest BCUT2D eigenvalue weighted by atomic mass is 9.79. The monoisotopic (exact) mass is 278 g/mol. The Kier molecular flexibility index (Phi) is 3.83. The lowest BCUT2D eigenvalue weighted by Crippen LogP contribution is -2.51. The van der Waals surface area contributed by atoms with E-state index in [9.17, 15) is 18.8 Å². The van der Waals surface area contributed by atoms with E-state index in [0.29, 0.717) is 5.56 Å². The van der Waals surface area contributed by atoms with Crippen LogP contribution >= 0.6 is 0 Å². The minimum absolute atomic E-state index is 0.0476. The third-order valence-corrected chi connectivity index (χ3v) is 3.59. The van der Waals surface area contributed by atoms with Crippen LogP contribution in [0.3, 0.4) is 0 Å². The van der Waals surface area contributed by atoms with Crippen molar-refractivity contribution in [2.75, 3.05) is 14.1 Å². The second kappa shape index (κ2) is 5.40. The smallest absolute Gasteiger partial charge is 0.242 e. The molecule has 1 saturated heterocycles. The number of likely N-dealkylation sites (tertiary alicyclic amines) is 1. The maximum absolute atomic E-state index is 13.0. The Morgan fingerprint density at radius 3 is 2.45 bits per heavy atom. The van der Waals surface area contributed by atoms with E-state index in [1.54, 1.807) is 0 Å². The Bertz CT molecular complexity index is 556. The van der Waals surface area contributed by atoms with Crippen LogP contribution in [0.2, 0.25) is 0 Å². The van der Waals surface area contributed by atoms with Crippen LogP contribution in [0.15, 0.2) is 24.3 Å². The molecule has 3 amide bonds. The van der Waals surface area contributed by atoms with Gasteiger partial charge in [0.2, 0.25) is 17.7 Å². The number of imide groups is 1. The van der Waals surface area contributed by atoms with Gasteiger partial charge in [-0.05, 0) is 17.7 Å². The standard InChI is InChI=1S/C14H15FN2O3/c1-16-13(19)12-10(7-11(18)17(2)14(12)20)8-3-5-9(15)6-4-8/h3-6,10,12H,7H2,1-2H3,(H,16,19). The number of hydrogen-bond donors (Lipinski definition) is 1. The van der Waals surface area contributed by atoms with Crippen LogP contribution in [-0.4, -0.2) is 36.7 Å². The van der Waals surface area contributed by atoms with Crippen molar-refractivity contribution >= 4 is 17.7 Å². The number of carbonyl (C=O) groups is 3. The number of amides is 3. The number of nitrogens with zero attached hydrogens (tertiary/aromatic N) is 1. The van der Waals surface area contributed by atoms with Crippen LogP contribution in [-0.2, 0) is 14.4 Å². The largest absolute Gasteiger partial charge is 0.358 e. The number of piperidine rings is 1. The molecule has 106 valence electrons. The number of hydrogen-bond acceptors (Lipinski definition) is 3. The zero-order chi connectivity index (χ0) is 14.9. The van der Waals surface area contributed by atoms with Crippen molar-refractivity contribution in [2.24, 2.45) is 5.92 Å². The highest BCUT2D eigenvalue weighted by molar-refractivity contribution is 6.09. The lowest BCUT2D eigenvalue weighted by molar-refractivity contribution is -0.153. The fourth-order valence-electron chi connectivity index (χ4n) is 2.42. The van der Waals surface area contributed by atoms with Crippen molar-refractivity contribution in [3.63, 3.8) is 0 Å². The highest BCUT2D eigenvalue weighted by Crippen LogP contribution is 2.34. The van der Waals surface area contributed by atoms with Crippen molar-refractivity contribution < 1.29 is 18.8 Å². The first-order chi connectivity index (χ1) is 9.45. The molecule has 6 heteroatoms. The van der Waals surface area contributed by atoms with E-state index in [2.05, 4.69) is 5.32 Å². The summed E-state index contributed by atoms with van der Waals surface area (Å²) in [5.74, 6) is -3.25. The second-order valence-corrected chi connectivity index (χ2v) is 4.75. The predicted octanol–water partition coefficient (Wildman–Crippen LogP) is 0.660. The van der Waals surface area contributed by atoms with Gasteiger partial charge in [0.05, 0.1) is 0 Å². The maximum Gasteiger partial charge on any atom is 0.242 e. The minimum atomic E-state index is -0.965. The molecule has 0 spiro atoms. The Morgan fingerprint density at radius 1 is 1.30 bits per heavy atom. The fraction of sp³-hybridized carbons (Fsp3) is 0.357. The van der Waals surface area contributed by atoms with Gasteiger partial charge < -0.3 is 5.32 Å². The normalized spacial score (nSPS) is 22.9. The second-order valence-electron chi connectivity index (χ2n) is 4.75. The summed E-state index contributed by atoms with van der Waals surface area (Å²) in [6.45, 7) is 0. The highest BCUT2D eigenvalue weighted by Gasteiger charge is 2.44. The van der Waals surface area contributed by atoms with E-state index in [-0.39, 0.29) is 12.3 Å². The van der Waals surface area contributed by atoms with Gasteiger partial charge in [-0.2, -0.15) is 0 Å². The average molecular weight is 278 g/mol. The maximum atomic E-state index is 13.0. The molecule has 1 N–H and O–H groups in total. The van der Waals surface area contributed by atoms with Gasteiger partial charge in [0.15, 0.2) is 0 Å². The zero-order valence-electron chi connectivity index (χ0n) is 11.2. The molecule has 2 atom stereocenters. The summed E-state index contributed by atoms with van der Waals surface area (Å²) in [7, 11) is 2.80.